The summed E-state index contributed by atoms with van der Waals surface area (Å²) < 4.78 is 11.4. The topological polar surface area (TPSA) is 93.7 Å². The molecule has 0 spiro atoms. The normalized spacial score (nSPS) is 26.6. The van der Waals surface area contributed by atoms with Crippen LogP contribution in [0.25, 0.3) is 10.4 Å². The van der Waals surface area contributed by atoms with Crippen molar-refractivity contribution in [1.82, 2.24) is 15.3 Å². The molecule has 1 N–H and O–H groups in total. The van der Waals surface area contributed by atoms with Crippen molar-refractivity contribution < 1.29 is 19.1 Å². The first-order chi connectivity index (χ1) is 24.0. The van der Waals surface area contributed by atoms with Gasteiger partial charge >= 0.3 is 6.09 Å². The van der Waals surface area contributed by atoms with Crippen LogP contribution >= 0.6 is 11.3 Å². The van der Waals surface area contributed by atoms with Gasteiger partial charge in [-0.2, -0.15) is 0 Å². The van der Waals surface area contributed by atoms with Crippen LogP contribution < -0.4 is 15.0 Å². The molecule has 2 amide bonds. The number of carbonyl (C=O) groups is 2. The summed E-state index contributed by atoms with van der Waals surface area (Å²) in [7, 11) is 1.74. The van der Waals surface area contributed by atoms with E-state index in [2.05, 4.69) is 57.3 Å². The van der Waals surface area contributed by atoms with E-state index < -0.39 is 0 Å². The molecule has 5 fully saturated rings. The first-order valence-electron chi connectivity index (χ1n) is 18.8. The summed E-state index contributed by atoms with van der Waals surface area (Å²) in [5.41, 5.74) is 3.92. The highest BCUT2D eigenvalue weighted by Crippen LogP contribution is 2.58. The van der Waals surface area contributed by atoms with Crippen LogP contribution in [0.1, 0.15) is 120 Å². The van der Waals surface area contributed by atoms with Gasteiger partial charge in [0, 0.05) is 36.3 Å². The number of fused-ring (bicyclic) bond motifs is 3. The number of rotatable bonds is 9. The van der Waals surface area contributed by atoms with E-state index in [4.69, 9.17) is 19.4 Å². The minimum atomic E-state index is -0.306. The molecule has 0 aliphatic heterocycles. The molecule has 0 atom stereocenters. The quantitative estimate of drug-likeness (QED) is 0.240. The number of methoxy groups -OCH3 is 1. The SMILES string of the molecule is COc1ccc(C23CCC(CN(c4cc(-c5cnc(C(C)(C)C)s5)ccn4)C(=O)[C@H]4CC[C@H](OC(=O)NC5CCC5)CC4)(CC2)CC3)cc1C. The lowest BCUT2D eigenvalue weighted by Crippen LogP contribution is -2.52. The van der Waals surface area contributed by atoms with Crippen LogP contribution in [0.4, 0.5) is 10.6 Å². The van der Waals surface area contributed by atoms with Crippen molar-refractivity contribution in [3.8, 4) is 16.2 Å². The molecule has 5 saturated carbocycles. The Morgan fingerprint density at radius 2 is 1.68 bits per heavy atom. The van der Waals surface area contributed by atoms with Gasteiger partial charge in [0.2, 0.25) is 5.91 Å². The first-order valence-corrected chi connectivity index (χ1v) is 19.6. The van der Waals surface area contributed by atoms with E-state index in [9.17, 15) is 9.59 Å². The number of alkyl carbamates (subject to hydrolysis) is 1. The number of hydrogen-bond donors (Lipinski definition) is 1. The number of pyridine rings is 1. The first kappa shape index (κ1) is 35.0. The predicted octanol–water partition coefficient (Wildman–Crippen LogP) is 9.28. The molecular weight excluding hydrogens is 645 g/mol. The van der Waals surface area contributed by atoms with Crippen molar-refractivity contribution in [2.45, 2.75) is 134 Å². The van der Waals surface area contributed by atoms with Crippen molar-refractivity contribution in [3.63, 3.8) is 0 Å². The van der Waals surface area contributed by atoms with E-state index in [1.165, 1.54) is 17.5 Å². The minimum absolute atomic E-state index is 0.0257. The smallest absolute Gasteiger partial charge is 0.407 e. The van der Waals surface area contributed by atoms with Crippen molar-refractivity contribution in [2.24, 2.45) is 11.3 Å². The van der Waals surface area contributed by atoms with E-state index in [0.717, 1.165) is 78.4 Å². The van der Waals surface area contributed by atoms with Crippen LogP contribution in [-0.4, -0.2) is 47.8 Å². The maximum atomic E-state index is 14.7. The maximum Gasteiger partial charge on any atom is 0.407 e. The molecule has 8 rings (SSSR count). The summed E-state index contributed by atoms with van der Waals surface area (Å²) in [6.45, 7) is 9.39. The molecule has 3 aromatic rings. The number of amides is 2. The van der Waals surface area contributed by atoms with Crippen molar-refractivity contribution >= 4 is 29.2 Å². The van der Waals surface area contributed by atoms with Crippen LogP contribution in [0, 0.1) is 18.3 Å². The molecule has 5 aliphatic carbocycles. The molecule has 9 heteroatoms. The zero-order valence-electron chi connectivity index (χ0n) is 30.6. The van der Waals surface area contributed by atoms with Gasteiger partial charge in [-0.15, -0.1) is 11.3 Å². The summed E-state index contributed by atoms with van der Waals surface area (Å²) >= 11 is 1.71. The summed E-state index contributed by atoms with van der Waals surface area (Å²) in [4.78, 5) is 39.9. The monoisotopic (exact) mass is 698 g/mol. The Kier molecular flexibility index (Phi) is 9.74. The number of aryl methyl sites for hydroxylation is 1. The number of carbonyl (C=O) groups excluding carboxylic acids is 2. The number of benzene rings is 1. The van der Waals surface area contributed by atoms with Gasteiger partial charge in [-0.25, -0.2) is 14.8 Å². The lowest BCUT2D eigenvalue weighted by molar-refractivity contribution is -0.124. The van der Waals surface area contributed by atoms with Crippen LogP contribution in [-0.2, 0) is 20.4 Å². The third-order valence-electron chi connectivity index (χ3n) is 12.3. The van der Waals surface area contributed by atoms with Crippen LogP contribution in [0.3, 0.4) is 0 Å². The Morgan fingerprint density at radius 3 is 2.28 bits per heavy atom. The molecule has 2 heterocycles. The number of nitrogens with one attached hydrogen (secondary N) is 1. The van der Waals surface area contributed by atoms with Gasteiger partial charge in [-0.1, -0.05) is 32.9 Å². The fourth-order valence-corrected chi connectivity index (χ4v) is 9.75. The zero-order chi connectivity index (χ0) is 35.1. The Labute approximate surface area is 301 Å². The summed E-state index contributed by atoms with van der Waals surface area (Å²) in [6, 6.07) is 11.1. The molecule has 0 saturated heterocycles. The lowest BCUT2D eigenvalue weighted by Gasteiger charge is -2.55. The fourth-order valence-electron chi connectivity index (χ4n) is 8.78. The van der Waals surface area contributed by atoms with Crippen molar-refractivity contribution in [1.29, 1.82) is 0 Å². The second kappa shape index (κ2) is 13.9. The summed E-state index contributed by atoms with van der Waals surface area (Å²) in [5.74, 6) is 1.73. The van der Waals surface area contributed by atoms with Gasteiger partial charge in [0.1, 0.15) is 17.7 Å². The third kappa shape index (κ3) is 7.17. The number of hydrogen-bond acceptors (Lipinski definition) is 7. The average Bonchev–Trinajstić information content (AvgIpc) is 3.62. The standard InChI is InChI=1S/C41H54N4O4S/c1-27-23-30(11-14-33(27)48-5)41-19-16-40(17-20-41,18-21-41)26-45(35-24-29(15-22-42-35)34-25-43-37(50-34)39(2,3)4)36(46)28-9-12-32(13-10-28)49-38(47)44-31-7-6-8-31/h11,14-15,22-25,28,31-32H,6-10,12-13,16-21,26H2,1-5H3,(H,44,47)/t28-,32-,40?,41?. The number of nitrogens with zero attached hydrogens (tertiary/aromatic N) is 3. The molecular formula is C41H54N4O4S. The molecule has 2 aromatic heterocycles. The van der Waals surface area contributed by atoms with Gasteiger partial charge in [-0.05, 0) is 136 Å². The van der Waals surface area contributed by atoms with E-state index in [1.807, 2.05) is 23.4 Å². The van der Waals surface area contributed by atoms with E-state index in [1.54, 1.807) is 18.4 Å². The van der Waals surface area contributed by atoms with Crippen molar-refractivity contribution in [3.05, 3.63) is 58.9 Å². The largest absolute Gasteiger partial charge is 0.496 e. The predicted molar refractivity (Wildman–Crippen MR) is 199 cm³/mol. The second-order valence-electron chi connectivity index (χ2n) is 16.7. The van der Waals surface area contributed by atoms with Crippen LogP contribution in [0.5, 0.6) is 5.75 Å². The molecule has 50 heavy (non-hydrogen) atoms. The highest BCUT2D eigenvalue weighted by Gasteiger charge is 2.51. The van der Waals surface area contributed by atoms with Gasteiger partial charge in [0.05, 0.1) is 17.0 Å². The van der Waals surface area contributed by atoms with Crippen LogP contribution in [0.2, 0.25) is 0 Å². The third-order valence-corrected chi connectivity index (χ3v) is 13.8. The van der Waals surface area contributed by atoms with E-state index in [0.29, 0.717) is 32.2 Å². The van der Waals surface area contributed by atoms with Crippen molar-refractivity contribution in [2.75, 3.05) is 18.6 Å². The lowest BCUT2D eigenvalue weighted by atomic mass is 9.51. The molecule has 2 bridgehead atoms. The number of thiazole rings is 1. The Morgan fingerprint density at radius 1 is 0.960 bits per heavy atom. The van der Waals surface area contributed by atoms with Gasteiger partial charge in [-0.3, -0.25) is 9.69 Å². The van der Waals surface area contributed by atoms with Gasteiger partial charge in [0.15, 0.2) is 0 Å². The highest BCUT2D eigenvalue weighted by atomic mass is 32.1. The maximum absolute atomic E-state index is 14.7. The zero-order valence-corrected chi connectivity index (χ0v) is 31.4. The minimum Gasteiger partial charge on any atom is -0.496 e. The van der Waals surface area contributed by atoms with E-state index >= 15 is 0 Å². The van der Waals surface area contributed by atoms with Crippen LogP contribution in [0.15, 0.2) is 42.7 Å². The Bertz CT molecular complexity index is 1680. The fraction of sp³-hybridized carbons (Fsp3) is 0.610. The highest BCUT2D eigenvalue weighted by molar-refractivity contribution is 7.15. The van der Waals surface area contributed by atoms with Gasteiger partial charge in [0.25, 0.3) is 0 Å². The number of aromatic nitrogens is 2. The number of anilines is 1. The summed E-state index contributed by atoms with van der Waals surface area (Å²) in [5, 5.41) is 4.09. The second-order valence-corrected chi connectivity index (χ2v) is 17.8. The molecule has 8 nitrogen and oxygen atoms in total. The molecule has 0 unspecified atom stereocenters. The average molecular weight is 699 g/mol. The molecule has 5 aliphatic rings. The van der Waals surface area contributed by atoms with E-state index in [-0.39, 0.29) is 46.3 Å². The molecule has 0 radical (unpaired) electrons. The Balaban J connectivity index is 1.10. The molecule has 1 aromatic carbocycles. The summed E-state index contributed by atoms with van der Waals surface area (Å²) in [6.07, 6.45) is 16.2. The number of ether oxygens (including phenoxy) is 2. The Hall–Kier alpha value is -3.46. The molecule has 268 valence electrons. The van der Waals surface area contributed by atoms with Gasteiger partial charge < -0.3 is 14.8 Å².